The van der Waals surface area contributed by atoms with Crippen molar-refractivity contribution >= 4 is 22.6 Å². The van der Waals surface area contributed by atoms with Crippen LogP contribution in [0.4, 0.5) is 8.78 Å². The molecule has 18 heavy (non-hydrogen) atoms. The van der Waals surface area contributed by atoms with E-state index in [1.165, 1.54) is 17.0 Å². The summed E-state index contributed by atoms with van der Waals surface area (Å²) in [5.41, 5.74) is 0.979. The van der Waals surface area contributed by atoms with Crippen molar-refractivity contribution in [2.24, 2.45) is 0 Å². The van der Waals surface area contributed by atoms with Crippen LogP contribution in [0.15, 0.2) is 29.3 Å². The van der Waals surface area contributed by atoms with E-state index in [1.54, 1.807) is 6.92 Å². The van der Waals surface area contributed by atoms with Gasteiger partial charge in [-0.3, -0.25) is 9.36 Å². The molecule has 0 saturated heterocycles. The molecule has 0 amide bonds. The molecule has 0 aliphatic heterocycles. The van der Waals surface area contributed by atoms with Gasteiger partial charge < -0.3 is 0 Å². The summed E-state index contributed by atoms with van der Waals surface area (Å²) in [4.78, 5) is 16.0. The van der Waals surface area contributed by atoms with Crippen molar-refractivity contribution < 1.29 is 8.78 Å². The first-order valence-electron chi connectivity index (χ1n) is 5.14. The van der Waals surface area contributed by atoms with Gasteiger partial charge in [-0.15, -0.1) is 0 Å². The third-order valence-corrected chi connectivity index (χ3v) is 3.74. The van der Waals surface area contributed by atoms with Crippen molar-refractivity contribution in [3.05, 3.63) is 61.3 Å². The van der Waals surface area contributed by atoms with Crippen LogP contribution in [0.3, 0.4) is 0 Å². The fraction of sp³-hybridized carbons (Fsp3) is 0.167. The normalized spacial score (nSPS) is 10.7. The number of aromatic nitrogens is 2. The Morgan fingerprint density at radius 3 is 2.72 bits per heavy atom. The van der Waals surface area contributed by atoms with Crippen LogP contribution < -0.4 is 5.56 Å². The van der Waals surface area contributed by atoms with E-state index in [0.29, 0.717) is 14.8 Å². The van der Waals surface area contributed by atoms with E-state index in [9.17, 15) is 13.6 Å². The van der Waals surface area contributed by atoms with Crippen LogP contribution in [0.2, 0.25) is 0 Å². The largest absolute Gasteiger partial charge is 0.294 e. The number of hydrogen-bond donors (Lipinski definition) is 0. The summed E-state index contributed by atoms with van der Waals surface area (Å²) in [5.74, 6) is -1.82. The summed E-state index contributed by atoms with van der Waals surface area (Å²) in [6.45, 7) is 1.91. The summed E-state index contributed by atoms with van der Waals surface area (Å²) >= 11 is 1.92. The molecule has 1 heterocycles. The average Bonchev–Trinajstić information content (AvgIpc) is 2.34. The van der Waals surface area contributed by atoms with Crippen molar-refractivity contribution in [3.63, 3.8) is 0 Å². The number of rotatable bonds is 2. The van der Waals surface area contributed by atoms with E-state index in [4.69, 9.17) is 0 Å². The van der Waals surface area contributed by atoms with Gasteiger partial charge in [0.2, 0.25) is 0 Å². The smallest absolute Gasteiger partial charge is 0.267 e. The van der Waals surface area contributed by atoms with E-state index in [2.05, 4.69) is 4.98 Å². The Morgan fingerprint density at radius 2 is 2.06 bits per heavy atom. The minimum absolute atomic E-state index is 0.166. The van der Waals surface area contributed by atoms with Gasteiger partial charge in [0.15, 0.2) is 11.6 Å². The topological polar surface area (TPSA) is 34.9 Å². The molecule has 1 aromatic heterocycles. The Labute approximate surface area is 116 Å². The first kappa shape index (κ1) is 13.1. The van der Waals surface area contributed by atoms with Crippen LogP contribution in [-0.2, 0) is 6.54 Å². The maximum atomic E-state index is 13.0. The summed E-state index contributed by atoms with van der Waals surface area (Å²) < 4.78 is 27.7. The minimum Gasteiger partial charge on any atom is -0.294 e. The van der Waals surface area contributed by atoms with Crippen LogP contribution >= 0.6 is 22.6 Å². The third-order valence-electron chi connectivity index (χ3n) is 2.49. The molecule has 0 spiro atoms. The van der Waals surface area contributed by atoms with Crippen LogP contribution in [0.1, 0.15) is 11.3 Å². The van der Waals surface area contributed by atoms with Crippen molar-refractivity contribution in [1.82, 2.24) is 9.55 Å². The van der Waals surface area contributed by atoms with Crippen LogP contribution in [0.25, 0.3) is 0 Å². The van der Waals surface area contributed by atoms with Gasteiger partial charge in [-0.1, -0.05) is 6.07 Å². The lowest BCUT2D eigenvalue weighted by atomic mass is 10.2. The molecule has 0 atom stereocenters. The van der Waals surface area contributed by atoms with Crippen LogP contribution in [-0.4, -0.2) is 9.55 Å². The summed E-state index contributed by atoms with van der Waals surface area (Å²) in [6.07, 6.45) is 1.40. The zero-order chi connectivity index (χ0) is 13.3. The molecule has 0 aliphatic carbocycles. The van der Waals surface area contributed by atoms with Gasteiger partial charge in [0.05, 0.1) is 22.1 Å². The first-order valence-corrected chi connectivity index (χ1v) is 6.22. The lowest BCUT2D eigenvalue weighted by Gasteiger charge is -2.07. The quantitative estimate of drug-likeness (QED) is 0.770. The fourth-order valence-electron chi connectivity index (χ4n) is 1.49. The molecular formula is C12H9F2IN2O. The molecule has 0 radical (unpaired) electrons. The van der Waals surface area contributed by atoms with E-state index < -0.39 is 11.6 Å². The van der Waals surface area contributed by atoms with Gasteiger partial charge in [-0.25, -0.2) is 13.8 Å². The summed E-state index contributed by atoms with van der Waals surface area (Å²) in [6, 6.07) is 3.56. The summed E-state index contributed by atoms with van der Waals surface area (Å²) in [5, 5.41) is 0. The molecule has 2 aromatic rings. The number of benzene rings is 1. The van der Waals surface area contributed by atoms with Gasteiger partial charge in [0, 0.05) is 0 Å². The Bertz CT molecular complexity index is 655. The minimum atomic E-state index is -0.921. The number of nitrogens with zero attached hydrogens (tertiary/aromatic N) is 2. The van der Waals surface area contributed by atoms with Crippen molar-refractivity contribution in [2.75, 3.05) is 0 Å². The molecule has 6 heteroatoms. The maximum Gasteiger partial charge on any atom is 0.267 e. The first-order chi connectivity index (χ1) is 8.49. The Kier molecular flexibility index (Phi) is 3.74. The molecule has 2 rings (SSSR count). The SMILES string of the molecule is Cc1ncn(Cc2ccc(F)c(F)c2)c(=O)c1I. The Hall–Kier alpha value is -1.31. The molecule has 1 aromatic carbocycles. The highest BCUT2D eigenvalue weighted by atomic mass is 127. The highest BCUT2D eigenvalue weighted by molar-refractivity contribution is 14.1. The number of halogens is 3. The lowest BCUT2D eigenvalue weighted by Crippen LogP contribution is -2.24. The van der Waals surface area contributed by atoms with Crippen LogP contribution in [0, 0.1) is 22.1 Å². The molecular weight excluding hydrogens is 353 g/mol. The van der Waals surface area contributed by atoms with Crippen LogP contribution in [0.5, 0.6) is 0 Å². The second-order valence-electron chi connectivity index (χ2n) is 3.83. The van der Waals surface area contributed by atoms with Gasteiger partial charge in [-0.05, 0) is 47.2 Å². The highest BCUT2D eigenvalue weighted by Crippen LogP contribution is 2.10. The molecule has 0 unspecified atom stereocenters. The molecule has 0 N–H and O–H groups in total. The molecule has 0 aliphatic rings. The molecule has 3 nitrogen and oxygen atoms in total. The van der Waals surface area contributed by atoms with E-state index >= 15 is 0 Å². The lowest BCUT2D eigenvalue weighted by molar-refractivity contribution is 0.506. The van der Waals surface area contributed by atoms with Crippen molar-refractivity contribution in [1.29, 1.82) is 0 Å². The Morgan fingerprint density at radius 1 is 1.33 bits per heavy atom. The van der Waals surface area contributed by atoms with E-state index in [-0.39, 0.29) is 12.1 Å². The molecule has 0 bridgehead atoms. The second kappa shape index (κ2) is 5.13. The number of aryl methyl sites for hydroxylation is 1. The fourth-order valence-corrected chi connectivity index (χ4v) is 1.94. The standard InChI is InChI=1S/C12H9F2IN2O/c1-7-11(15)12(18)17(6-16-7)5-8-2-3-9(13)10(14)4-8/h2-4,6H,5H2,1H3. The molecule has 94 valence electrons. The zero-order valence-electron chi connectivity index (χ0n) is 9.45. The van der Waals surface area contributed by atoms with Gasteiger partial charge >= 0.3 is 0 Å². The Balaban J connectivity index is 2.37. The molecule has 0 saturated carbocycles. The predicted octanol–water partition coefficient (Wildman–Crippen LogP) is 2.48. The van der Waals surface area contributed by atoms with E-state index in [0.717, 1.165) is 12.1 Å². The predicted molar refractivity (Wildman–Crippen MR) is 71.4 cm³/mol. The summed E-state index contributed by atoms with van der Waals surface area (Å²) in [7, 11) is 0. The van der Waals surface area contributed by atoms with Crippen molar-refractivity contribution in [2.45, 2.75) is 13.5 Å². The molecule has 0 fully saturated rings. The third kappa shape index (κ3) is 2.58. The van der Waals surface area contributed by atoms with Crippen molar-refractivity contribution in [3.8, 4) is 0 Å². The average molecular weight is 362 g/mol. The number of hydrogen-bond acceptors (Lipinski definition) is 2. The highest BCUT2D eigenvalue weighted by Gasteiger charge is 2.07. The maximum absolute atomic E-state index is 13.0. The van der Waals surface area contributed by atoms with Gasteiger partial charge in [-0.2, -0.15) is 0 Å². The van der Waals surface area contributed by atoms with E-state index in [1.807, 2.05) is 22.6 Å². The van der Waals surface area contributed by atoms with Gasteiger partial charge in [0.25, 0.3) is 5.56 Å². The second-order valence-corrected chi connectivity index (χ2v) is 4.90. The zero-order valence-corrected chi connectivity index (χ0v) is 11.6. The van der Waals surface area contributed by atoms with Gasteiger partial charge in [0.1, 0.15) is 0 Å². The monoisotopic (exact) mass is 362 g/mol.